The quantitative estimate of drug-likeness (QED) is 0.749. The molecule has 17 heavy (non-hydrogen) atoms. The van der Waals surface area contributed by atoms with Gasteiger partial charge in [0.05, 0.1) is 4.87 Å². The highest BCUT2D eigenvalue weighted by atomic mass is 32.2. The first-order valence-electron chi connectivity index (χ1n) is 6.82. The number of aliphatic carboxylic acids is 1. The molecule has 4 heteroatoms. The van der Waals surface area contributed by atoms with Crippen molar-refractivity contribution in [3.63, 3.8) is 0 Å². The summed E-state index contributed by atoms with van der Waals surface area (Å²) in [6, 6.07) is -0.308. The van der Waals surface area contributed by atoms with Gasteiger partial charge >= 0.3 is 5.97 Å². The van der Waals surface area contributed by atoms with Gasteiger partial charge < -0.3 is 5.11 Å². The van der Waals surface area contributed by atoms with Gasteiger partial charge in [-0.05, 0) is 55.8 Å². The van der Waals surface area contributed by atoms with Crippen LogP contribution in [0.2, 0.25) is 0 Å². The molecular formula is C13H19NO2S. The van der Waals surface area contributed by atoms with E-state index in [1.165, 1.54) is 32.1 Å². The largest absolute Gasteiger partial charge is 0.480 e. The molecule has 4 aliphatic carbocycles. The minimum Gasteiger partial charge on any atom is -0.480 e. The fourth-order valence-corrected chi connectivity index (χ4v) is 6.82. The van der Waals surface area contributed by atoms with E-state index in [2.05, 4.69) is 5.32 Å². The molecule has 1 heterocycles. The lowest BCUT2D eigenvalue weighted by Crippen LogP contribution is -2.62. The van der Waals surface area contributed by atoms with Gasteiger partial charge in [0.2, 0.25) is 0 Å². The molecule has 2 N–H and O–H groups in total. The van der Waals surface area contributed by atoms with E-state index in [9.17, 15) is 9.90 Å². The second-order valence-electron chi connectivity index (χ2n) is 6.44. The van der Waals surface area contributed by atoms with Crippen LogP contribution in [0.5, 0.6) is 0 Å². The van der Waals surface area contributed by atoms with Crippen molar-refractivity contribution in [2.24, 2.45) is 23.7 Å². The van der Waals surface area contributed by atoms with Crippen molar-refractivity contribution in [1.82, 2.24) is 5.32 Å². The SMILES string of the molecule is O=C(O)[C@@H]1CSC2(N1)C1CC3CC(C1)CC2C3. The lowest BCUT2D eigenvalue weighted by molar-refractivity contribution is -0.139. The number of hydrogen-bond acceptors (Lipinski definition) is 3. The van der Waals surface area contributed by atoms with E-state index < -0.39 is 5.97 Å². The average Bonchev–Trinajstić information content (AvgIpc) is 2.71. The van der Waals surface area contributed by atoms with Crippen LogP contribution in [0.25, 0.3) is 0 Å². The van der Waals surface area contributed by atoms with E-state index in [4.69, 9.17) is 0 Å². The van der Waals surface area contributed by atoms with Crippen molar-refractivity contribution >= 4 is 17.7 Å². The molecule has 0 aromatic heterocycles. The summed E-state index contributed by atoms with van der Waals surface area (Å²) in [6.07, 6.45) is 6.84. The molecule has 1 spiro atoms. The summed E-state index contributed by atoms with van der Waals surface area (Å²) in [5, 5.41) is 12.7. The highest BCUT2D eigenvalue weighted by Gasteiger charge is 2.60. The zero-order valence-corrected chi connectivity index (χ0v) is 10.7. The average molecular weight is 253 g/mol. The maximum absolute atomic E-state index is 11.1. The van der Waals surface area contributed by atoms with Gasteiger partial charge in [-0.15, -0.1) is 11.8 Å². The molecule has 1 saturated heterocycles. The van der Waals surface area contributed by atoms with Gasteiger partial charge in [0, 0.05) is 5.75 Å². The molecule has 0 aromatic rings. The Bertz CT molecular complexity index is 342. The molecule has 0 unspecified atom stereocenters. The molecule has 0 amide bonds. The summed E-state index contributed by atoms with van der Waals surface area (Å²) < 4.78 is 0. The van der Waals surface area contributed by atoms with Crippen LogP contribution in [0.3, 0.4) is 0 Å². The normalized spacial score (nSPS) is 55.6. The van der Waals surface area contributed by atoms with Crippen LogP contribution in [0.4, 0.5) is 0 Å². The van der Waals surface area contributed by atoms with Crippen molar-refractivity contribution in [2.75, 3.05) is 5.75 Å². The van der Waals surface area contributed by atoms with Crippen molar-refractivity contribution < 1.29 is 9.90 Å². The highest BCUT2D eigenvalue weighted by molar-refractivity contribution is 8.01. The van der Waals surface area contributed by atoms with E-state index in [1.54, 1.807) is 0 Å². The maximum atomic E-state index is 11.1. The van der Waals surface area contributed by atoms with E-state index in [0.717, 1.165) is 29.4 Å². The van der Waals surface area contributed by atoms with Crippen molar-refractivity contribution in [3.05, 3.63) is 0 Å². The Balaban J connectivity index is 1.64. The summed E-state index contributed by atoms with van der Waals surface area (Å²) in [6.45, 7) is 0. The zero-order valence-electron chi connectivity index (χ0n) is 9.89. The zero-order chi connectivity index (χ0) is 11.6. The molecule has 4 saturated carbocycles. The molecule has 5 aliphatic rings. The van der Waals surface area contributed by atoms with Crippen LogP contribution < -0.4 is 5.32 Å². The Kier molecular flexibility index (Phi) is 2.14. The maximum Gasteiger partial charge on any atom is 0.321 e. The number of rotatable bonds is 1. The summed E-state index contributed by atoms with van der Waals surface area (Å²) in [5.41, 5.74) is 0. The van der Waals surface area contributed by atoms with Crippen LogP contribution in [-0.4, -0.2) is 27.7 Å². The van der Waals surface area contributed by atoms with E-state index in [1.807, 2.05) is 11.8 Å². The summed E-state index contributed by atoms with van der Waals surface area (Å²) >= 11 is 1.92. The number of thioether (sulfide) groups is 1. The molecule has 0 radical (unpaired) electrons. The molecule has 5 fully saturated rings. The lowest BCUT2D eigenvalue weighted by Gasteiger charge is -2.59. The van der Waals surface area contributed by atoms with Gasteiger partial charge in [-0.1, -0.05) is 0 Å². The van der Waals surface area contributed by atoms with Crippen molar-refractivity contribution in [2.45, 2.75) is 43.0 Å². The number of nitrogens with one attached hydrogen (secondary N) is 1. The third kappa shape index (κ3) is 1.37. The monoisotopic (exact) mass is 253 g/mol. The Morgan fingerprint density at radius 3 is 2.18 bits per heavy atom. The minimum atomic E-state index is -0.664. The van der Waals surface area contributed by atoms with Crippen LogP contribution in [0.1, 0.15) is 32.1 Å². The molecule has 1 aliphatic heterocycles. The number of carbonyl (C=O) groups is 1. The molecule has 94 valence electrons. The third-order valence-corrected chi connectivity index (χ3v) is 7.30. The van der Waals surface area contributed by atoms with Gasteiger partial charge in [0.15, 0.2) is 0 Å². The van der Waals surface area contributed by atoms with Gasteiger partial charge in [-0.2, -0.15) is 0 Å². The second kappa shape index (κ2) is 3.41. The third-order valence-electron chi connectivity index (χ3n) is 5.54. The fourth-order valence-electron chi connectivity index (χ4n) is 5.07. The first-order valence-corrected chi connectivity index (χ1v) is 7.80. The van der Waals surface area contributed by atoms with Crippen molar-refractivity contribution in [1.29, 1.82) is 0 Å². The van der Waals surface area contributed by atoms with Crippen LogP contribution in [-0.2, 0) is 4.79 Å². The molecule has 5 rings (SSSR count). The van der Waals surface area contributed by atoms with E-state index in [0.29, 0.717) is 0 Å². The summed E-state index contributed by atoms with van der Waals surface area (Å²) in [5.74, 6) is 3.49. The molecular weight excluding hydrogens is 234 g/mol. The molecule has 3 nitrogen and oxygen atoms in total. The van der Waals surface area contributed by atoms with Gasteiger partial charge in [0.1, 0.15) is 6.04 Å². The molecule has 1 atom stereocenters. The lowest BCUT2D eigenvalue weighted by atomic mass is 9.53. The summed E-state index contributed by atoms with van der Waals surface area (Å²) in [4.78, 5) is 11.3. The minimum absolute atomic E-state index is 0.135. The Morgan fingerprint density at radius 1 is 1.12 bits per heavy atom. The number of carboxylic acid groups (broad SMARTS) is 1. The van der Waals surface area contributed by atoms with Crippen LogP contribution in [0.15, 0.2) is 0 Å². The van der Waals surface area contributed by atoms with Gasteiger partial charge in [-0.25, -0.2) is 0 Å². The standard InChI is InChI=1S/C13H19NO2S/c15-12(16)11-6-17-13(14-11)9-2-7-1-8(4-9)5-10(13)3-7/h7-11,14H,1-6H2,(H,15,16)/t7?,8?,9?,10?,11-,13?/m0/s1. The Labute approximate surface area is 106 Å². The van der Waals surface area contributed by atoms with Crippen molar-refractivity contribution in [3.8, 4) is 0 Å². The van der Waals surface area contributed by atoms with Gasteiger partial charge in [-0.3, -0.25) is 10.1 Å². The fraction of sp³-hybridized carbons (Fsp3) is 0.923. The smallest absolute Gasteiger partial charge is 0.321 e. The van der Waals surface area contributed by atoms with Gasteiger partial charge in [0.25, 0.3) is 0 Å². The second-order valence-corrected chi connectivity index (χ2v) is 7.74. The predicted molar refractivity (Wildman–Crippen MR) is 66.8 cm³/mol. The number of carboxylic acids is 1. The molecule has 4 bridgehead atoms. The first kappa shape index (κ1) is 10.7. The predicted octanol–water partition coefficient (Wildman–Crippen LogP) is 1.93. The van der Waals surface area contributed by atoms with E-state index >= 15 is 0 Å². The number of hydrogen-bond donors (Lipinski definition) is 2. The topological polar surface area (TPSA) is 49.3 Å². The Hall–Kier alpha value is -0.220. The summed E-state index contributed by atoms with van der Waals surface area (Å²) in [7, 11) is 0. The van der Waals surface area contributed by atoms with Crippen LogP contribution in [0, 0.1) is 23.7 Å². The van der Waals surface area contributed by atoms with Crippen LogP contribution >= 0.6 is 11.8 Å². The highest BCUT2D eigenvalue weighted by Crippen LogP contribution is 2.63. The van der Waals surface area contributed by atoms with E-state index in [-0.39, 0.29) is 10.9 Å². The first-order chi connectivity index (χ1) is 8.17. The Morgan fingerprint density at radius 2 is 1.71 bits per heavy atom. The molecule has 0 aromatic carbocycles.